The summed E-state index contributed by atoms with van der Waals surface area (Å²) in [7, 11) is 0. The summed E-state index contributed by atoms with van der Waals surface area (Å²) in [5.74, 6) is 1.19. The van der Waals surface area contributed by atoms with Gasteiger partial charge in [-0.25, -0.2) is 4.98 Å². The number of piperazine rings is 1. The molecule has 1 N–H and O–H groups in total. The summed E-state index contributed by atoms with van der Waals surface area (Å²) < 4.78 is 0. The minimum atomic E-state index is 0.496. The van der Waals surface area contributed by atoms with E-state index in [0.717, 1.165) is 45.0 Å². The number of rotatable bonds is 5. The molecule has 1 fully saturated rings. The smallest absolute Gasteiger partial charge is 0.133 e. The van der Waals surface area contributed by atoms with Crippen LogP contribution in [0.2, 0.25) is 0 Å². The van der Waals surface area contributed by atoms with Crippen LogP contribution in [0.3, 0.4) is 0 Å². The first kappa shape index (κ1) is 16.2. The number of hydrogen-bond acceptors (Lipinski definition) is 4. The van der Waals surface area contributed by atoms with Crippen molar-refractivity contribution in [3.63, 3.8) is 0 Å². The van der Waals surface area contributed by atoms with Gasteiger partial charge in [0.1, 0.15) is 5.82 Å². The molecule has 1 saturated heterocycles. The zero-order valence-corrected chi connectivity index (χ0v) is 14.2. The monoisotopic (exact) mass is 290 g/mol. The first-order chi connectivity index (χ1) is 10.0. The van der Waals surface area contributed by atoms with E-state index in [1.54, 1.807) is 0 Å². The molecule has 0 aromatic carbocycles. The lowest BCUT2D eigenvalue weighted by molar-refractivity contribution is 0.270. The Hall–Kier alpha value is -1.13. The molecule has 1 aromatic heterocycles. The number of nitrogens with zero attached hydrogens (tertiary/aromatic N) is 3. The molecule has 0 atom stereocenters. The lowest BCUT2D eigenvalue weighted by Gasteiger charge is -2.36. The van der Waals surface area contributed by atoms with E-state index < -0.39 is 0 Å². The fraction of sp³-hybridized carbons (Fsp3) is 0.706. The average molecular weight is 290 g/mol. The first-order valence-corrected chi connectivity index (χ1v) is 8.19. The van der Waals surface area contributed by atoms with E-state index >= 15 is 0 Å². The Balaban J connectivity index is 2.20. The minimum Gasteiger partial charge on any atom is -0.354 e. The van der Waals surface area contributed by atoms with Crippen molar-refractivity contribution in [1.82, 2.24) is 15.2 Å². The molecule has 0 amide bonds. The predicted octanol–water partition coefficient (Wildman–Crippen LogP) is 2.34. The number of likely N-dealkylation sites (N-methyl/N-ethyl adjacent to an activating group) is 1. The van der Waals surface area contributed by atoms with Gasteiger partial charge in [0.2, 0.25) is 0 Å². The van der Waals surface area contributed by atoms with Crippen LogP contribution in [0.15, 0.2) is 6.07 Å². The molecule has 2 rings (SSSR count). The summed E-state index contributed by atoms with van der Waals surface area (Å²) in [6, 6.07) is 2.69. The van der Waals surface area contributed by atoms with E-state index in [0.29, 0.717) is 6.04 Å². The summed E-state index contributed by atoms with van der Waals surface area (Å²) in [5, 5.41) is 3.54. The molecule has 2 heterocycles. The number of aromatic nitrogens is 1. The highest BCUT2D eigenvalue weighted by molar-refractivity contribution is 5.52. The van der Waals surface area contributed by atoms with Gasteiger partial charge in [-0.2, -0.15) is 0 Å². The Labute approximate surface area is 129 Å². The number of aryl methyl sites for hydroxylation is 2. The molecule has 0 spiro atoms. The van der Waals surface area contributed by atoms with Gasteiger partial charge in [-0.1, -0.05) is 20.8 Å². The molecule has 1 aliphatic rings. The SMILES string of the molecule is CCN1CCN(c2nc(C)cc(C)c2CNC(C)C)CC1. The number of pyridine rings is 1. The molecule has 1 aliphatic heterocycles. The van der Waals surface area contributed by atoms with E-state index in [1.807, 2.05) is 0 Å². The normalized spacial score (nSPS) is 16.8. The van der Waals surface area contributed by atoms with Gasteiger partial charge in [0, 0.05) is 50.0 Å². The molecule has 118 valence electrons. The largest absolute Gasteiger partial charge is 0.354 e. The van der Waals surface area contributed by atoms with Gasteiger partial charge < -0.3 is 15.1 Å². The summed E-state index contributed by atoms with van der Waals surface area (Å²) in [6.07, 6.45) is 0. The summed E-state index contributed by atoms with van der Waals surface area (Å²) >= 11 is 0. The van der Waals surface area contributed by atoms with Gasteiger partial charge in [-0.05, 0) is 32.0 Å². The van der Waals surface area contributed by atoms with Gasteiger partial charge in [0.05, 0.1) is 0 Å². The minimum absolute atomic E-state index is 0.496. The summed E-state index contributed by atoms with van der Waals surface area (Å²) in [6.45, 7) is 17.4. The molecule has 1 aromatic rings. The Kier molecular flexibility index (Phi) is 5.59. The van der Waals surface area contributed by atoms with Crippen LogP contribution in [0.4, 0.5) is 5.82 Å². The topological polar surface area (TPSA) is 31.4 Å². The molecular weight excluding hydrogens is 260 g/mol. The highest BCUT2D eigenvalue weighted by Crippen LogP contribution is 2.24. The van der Waals surface area contributed by atoms with Crippen molar-refractivity contribution in [2.24, 2.45) is 0 Å². The number of hydrogen-bond donors (Lipinski definition) is 1. The van der Waals surface area contributed by atoms with Crippen LogP contribution in [-0.2, 0) is 6.54 Å². The van der Waals surface area contributed by atoms with Gasteiger partial charge in [0.15, 0.2) is 0 Å². The maximum atomic E-state index is 4.85. The third-order valence-electron chi connectivity index (χ3n) is 4.26. The fourth-order valence-corrected chi connectivity index (χ4v) is 2.91. The van der Waals surface area contributed by atoms with Crippen molar-refractivity contribution in [2.75, 3.05) is 37.6 Å². The lowest BCUT2D eigenvalue weighted by atomic mass is 10.1. The Morgan fingerprint density at radius 2 is 1.86 bits per heavy atom. The summed E-state index contributed by atoms with van der Waals surface area (Å²) in [5.41, 5.74) is 3.83. The second-order valence-electron chi connectivity index (χ2n) is 6.34. The third-order valence-corrected chi connectivity index (χ3v) is 4.26. The molecule has 0 radical (unpaired) electrons. The van der Waals surface area contributed by atoms with Crippen LogP contribution < -0.4 is 10.2 Å². The zero-order chi connectivity index (χ0) is 15.4. The maximum Gasteiger partial charge on any atom is 0.133 e. The van der Waals surface area contributed by atoms with Crippen LogP contribution in [0, 0.1) is 13.8 Å². The molecule has 4 heteroatoms. The highest BCUT2D eigenvalue weighted by atomic mass is 15.3. The highest BCUT2D eigenvalue weighted by Gasteiger charge is 2.20. The molecule has 0 saturated carbocycles. The second kappa shape index (κ2) is 7.23. The molecule has 0 unspecified atom stereocenters. The number of nitrogens with one attached hydrogen (secondary N) is 1. The summed E-state index contributed by atoms with van der Waals surface area (Å²) in [4.78, 5) is 9.82. The second-order valence-corrected chi connectivity index (χ2v) is 6.34. The third kappa shape index (κ3) is 4.17. The Morgan fingerprint density at radius 3 is 2.43 bits per heavy atom. The van der Waals surface area contributed by atoms with Crippen molar-refractivity contribution in [1.29, 1.82) is 0 Å². The molecule has 4 nitrogen and oxygen atoms in total. The maximum absolute atomic E-state index is 4.85. The molecular formula is C17H30N4. The van der Waals surface area contributed by atoms with Crippen LogP contribution in [0.5, 0.6) is 0 Å². The van der Waals surface area contributed by atoms with Crippen LogP contribution >= 0.6 is 0 Å². The van der Waals surface area contributed by atoms with E-state index in [4.69, 9.17) is 4.98 Å². The molecule has 0 aliphatic carbocycles. The van der Waals surface area contributed by atoms with E-state index in [-0.39, 0.29) is 0 Å². The Bertz CT molecular complexity index is 462. The fourth-order valence-electron chi connectivity index (χ4n) is 2.91. The van der Waals surface area contributed by atoms with E-state index in [9.17, 15) is 0 Å². The zero-order valence-electron chi connectivity index (χ0n) is 14.2. The van der Waals surface area contributed by atoms with Gasteiger partial charge in [-0.15, -0.1) is 0 Å². The van der Waals surface area contributed by atoms with Gasteiger partial charge in [0.25, 0.3) is 0 Å². The quantitative estimate of drug-likeness (QED) is 0.902. The average Bonchev–Trinajstić information content (AvgIpc) is 2.45. The van der Waals surface area contributed by atoms with Crippen molar-refractivity contribution in [3.05, 3.63) is 22.9 Å². The predicted molar refractivity (Wildman–Crippen MR) is 90.0 cm³/mol. The van der Waals surface area contributed by atoms with Gasteiger partial charge >= 0.3 is 0 Å². The first-order valence-electron chi connectivity index (χ1n) is 8.19. The van der Waals surface area contributed by atoms with Crippen LogP contribution in [0.1, 0.15) is 37.6 Å². The molecule has 0 bridgehead atoms. The number of anilines is 1. The van der Waals surface area contributed by atoms with E-state index in [2.05, 4.69) is 55.8 Å². The van der Waals surface area contributed by atoms with Crippen LogP contribution in [-0.4, -0.2) is 48.6 Å². The standard InChI is InChI=1S/C17H30N4/c1-6-20-7-9-21(10-8-20)17-16(12-18-13(2)3)14(4)11-15(5)19-17/h11,13,18H,6-10,12H2,1-5H3. The lowest BCUT2D eigenvalue weighted by Crippen LogP contribution is -2.47. The van der Waals surface area contributed by atoms with Gasteiger partial charge in [-0.3, -0.25) is 0 Å². The Morgan fingerprint density at radius 1 is 1.19 bits per heavy atom. The van der Waals surface area contributed by atoms with Crippen molar-refractivity contribution in [2.45, 2.75) is 47.2 Å². The van der Waals surface area contributed by atoms with Crippen molar-refractivity contribution in [3.8, 4) is 0 Å². The van der Waals surface area contributed by atoms with Crippen molar-refractivity contribution < 1.29 is 0 Å². The van der Waals surface area contributed by atoms with E-state index in [1.165, 1.54) is 16.9 Å². The van der Waals surface area contributed by atoms with Crippen LogP contribution in [0.25, 0.3) is 0 Å². The van der Waals surface area contributed by atoms with Crippen molar-refractivity contribution >= 4 is 5.82 Å². The molecule has 21 heavy (non-hydrogen) atoms.